The van der Waals surface area contributed by atoms with Gasteiger partial charge >= 0.3 is 0 Å². The Morgan fingerprint density at radius 2 is 0.845 bits per heavy atom. The Bertz CT molecular complexity index is 3290. The molecular formula is C56H37NO. The Kier molecular flexibility index (Phi) is 8.19. The number of para-hydroxylation sites is 3. The maximum atomic E-state index is 6.73. The van der Waals surface area contributed by atoms with Crippen LogP contribution in [0.4, 0.5) is 17.1 Å². The van der Waals surface area contributed by atoms with Gasteiger partial charge in [-0.3, -0.25) is 0 Å². The van der Waals surface area contributed by atoms with E-state index in [1.807, 2.05) is 6.07 Å². The van der Waals surface area contributed by atoms with Crippen molar-refractivity contribution < 1.29 is 4.42 Å². The molecule has 0 saturated heterocycles. The van der Waals surface area contributed by atoms with E-state index >= 15 is 0 Å². The van der Waals surface area contributed by atoms with Gasteiger partial charge in [-0.25, -0.2) is 0 Å². The van der Waals surface area contributed by atoms with Crippen LogP contribution >= 0.6 is 0 Å². The maximum absolute atomic E-state index is 6.73. The minimum atomic E-state index is 0.854. The molecule has 0 atom stereocenters. The topological polar surface area (TPSA) is 16.4 Å². The van der Waals surface area contributed by atoms with Crippen LogP contribution in [0.3, 0.4) is 0 Å². The summed E-state index contributed by atoms with van der Waals surface area (Å²) in [6.07, 6.45) is 0. The lowest BCUT2D eigenvalue weighted by Gasteiger charge is -2.28. The zero-order chi connectivity index (χ0) is 38.4. The van der Waals surface area contributed by atoms with Crippen LogP contribution in [0.5, 0.6) is 0 Å². The third-order valence-electron chi connectivity index (χ3n) is 11.5. The van der Waals surface area contributed by atoms with Crippen LogP contribution in [0, 0.1) is 0 Å². The maximum Gasteiger partial charge on any atom is 0.159 e. The summed E-state index contributed by atoms with van der Waals surface area (Å²) in [5, 5.41) is 7.24. The fourth-order valence-corrected chi connectivity index (χ4v) is 8.75. The Morgan fingerprint density at radius 1 is 0.293 bits per heavy atom. The normalized spacial score (nSPS) is 11.4. The monoisotopic (exact) mass is 739 g/mol. The fourth-order valence-electron chi connectivity index (χ4n) is 8.75. The van der Waals surface area contributed by atoms with Gasteiger partial charge in [-0.15, -0.1) is 0 Å². The predicted octanol–water partition coefficient (Wildman–Crippen LogP) is 16.0. The summed E-state index contributed by atoms with van der Waals surface area (Å²) in [4.78, 5) is 2.37. The van der Waals surface area contributed by atoms with Crippen molar-refractivity contribution in [2.24, 2.45) is 0 Å². The number of furan rings is 1. The van der Waals surface area contributed by atoms with Crippen molar-refractivity contribution in [1.29, 1.82) is 0 Å². The summed E-state index contributed by atoms with van der Waals surface area (Å²) in [6, 6.07) is 80.6. The number of benzene rings is 10. The average molecular weight is 740 g/mol. The van der Waals surface area contributed by atoms with Gasteiger partial charge in [-0.2, -0.15) is 0 Å². The van der Waals surface area contributed by atoms with E-state index in [4.69, 9.17) is 4.42 Å². The van der Waals surface area contributed by atoms with Gasteiger partial charge in [-0.05, 0) is 96.9 Å². The lowest BCUT2D eigenvalue weighted by molar-refractivity contribution is 0.669. The molecule has 0 amide bonds. The minimum absolute atomic E-state index is 0.854. The van der Waals surface area contributed by atoms with Crippen LogP contribution in [0.2, 0.25) is 0 Å². The summed E-state index contributed by atoms with van der Waals surface area (Å²) >= 11 is 0. The Balaban J connectivity index is 1.09. The highest BCUT2D eigenvalue weighted by Crippen LogP contribution is 2.48. The van der Waals surface area contributed by atoms with Gasteiger partial charge in [0.2, 0.25) is 0 Å². The number of rotatable bonds is 7. The molecule has 0 spiro atoms. The van der Waals surface area contributed by atoms with Crippen molar-refractivity contribution in [3.05, 3.63) is 224 Å². The quantitative estimate of drug-likeness (QED) is 0.151. The number of nitrogens with zero attached hydrogens (tertiary/aromatic N) is 1. The van der Waals surface area contributed by atoms with Gasteiger partial charge in [0.15, 0.2) is 5.58 Å². The van der Waals surface area contributed by atoms with Crippen LogP contribution in [0.25, 0.3) is 88.0 Å². The molecule has 11 rings (SSSR count). The molecule has 0 saturated carbocycles. The molecule has 0 aliphatic rings. The van der Waals surface area contributed by atoms with E-state index in [0.717, 1.165) is 55.7 Å². The largest absolute Gasteiger partial charge is 0.454 e. The molecule has 0 radical (unpaired) electrons. The van der Waals surface area contributed by atoms with Crippen LogP contribution in [0.1, 0.15) is 0 Å². The molecule has 0 bridgehead atoms. The van der Waals surface area contributed by atoms with Crippen molar-refractivity contribution in [3.63, 3.8) is 0 Å². The Morgan fingerprint density at radius 3 is 1.66 bits per heavy atom. The first-order valence-electron chi connectivity index (χ1n) is 19.8. The molecule has 0 fully saturated rings. The second-order valence-corrected chi connectivity index (χ2v) is 14.8. The number of fused-ring (bicyclic) bond motifs is 6. The van der Waals surface area contributed by atoms with Crippen molar-refractivity contribution in [3.8, 4) is 44.5 Å². The van der Waals surface area contributed by atoms with E-state index in [2.05, 4.69) is 223 Å². The smallest absolute Gasteiger partial charge is 0.159 e. The third kappa shape index (κ3) is 5.74. The highest BCUT2D eigenvalue weighted by atomic mass is 16.3. The summed E-state index contributed by atoms with van der Waals surface area (Å²) < 4.78 is 6.73. The third-order valence-corrected chi connectivity index (χ3v) is 11.5. The molecule has 1 aromatic heterocycles. The highest BCUT2D eigenvalue weighted by Gasteiger charge is 2.23. The molecular weight excluding hydrogens is 703 g/mol. The Labute approximate surface area is 337 Å². The van der Waals surface area contributed by atoms with Crippen molar-refractivity contribution in [2.45, 2.75) is 0 Å². The average Bonchev–Trinajstić information content (AvgIpc) is 3.69. The molecule has 0 unspecified atom stereocenters. The molecule has 2 heteroatoms. The zero-order valence-corrected chi connectivity index (χ0v) is 31.7. The highest BCUT2D eigenvalue weighted by molar-refractivity contribution is 6.11. The molecule has 11 aromatic rings. The molecule has 0 N–H and O–H groups in total. The fraction of sp³-hybridized carbons (Fsp3) is 0. The van der Waals surface area contributed by atoms with Crippen molar-refractivity contribution in [1.82, 2.24) is 0 Å². The first-order chi connectivity index (χ1) is 28.8. The van der Waals surface area contributed by atoms with Crippen LogP contribution in [0.15, 0.2) is 229 Å². The van der Waals surface area contributed by atoms with Gasteiger partial charge in [0, 0.05) is 22.0 Å². The number of anilines is 3. The number of hydrogen-bond donors (Lipinski definition) is 0. The van der Waals surface area contributed by atoms with E-state index in [-0.39, 0.29) is 0 Å². The standard InChI is InChI=1S/C56H37NO/c1-2-15-39(16-3-1)45-19-6-7-20-47(45)48-21-8-9-22-49(48)50-23-10-12-26-53(50)57(54-27-14-25-52-51-24-11-13-28-55(51)58-56(52)54)43-34-31-38(32-35-43)41-33-36-46-42(37-41)30-29-40-17-4-5-18-44(40)46/h1-37H. The summed E-state index contributed by atoms with van der Waals surface area (Å²) in [5.41, 5.74) is 14.2. The Hall–Kier alpha value is -7.68. The van der Waals surface area contributed by atoms with Gasteiger partial charge in [0.25, 0.3) is 0 Å². The molecule has 2 nitrogen and oxygen atoms in total. The van der Waals surface area contributed by atoms with Crippen molar-refractivity contribution >= 4 is 60.5 Å². The first kappa shape index (κ1) is 33.6. The SMILES string of the molecule is c1ccc(-c2ccccc2-c2ccccc2-c2ccccc2N(c2ccc(-c3ccc4c(ccc5ccccc54)c3)cc2)c2cccc3c2oc2ccccc23)cc1. The van der Waals surface area contributed by atoms with E-state index in [1.54, 1.807) is 0 Å². The first-order valence-corrected chi connectivity index (χ1v) is 19.8. The van der Waals surface area contributed by atoms with Gasteiger partial charge in [0.1, 0.15) is 5.58 Å². The minimum Gasteiger partial charge on any atom is -0.454 e. The van der Waals surface area contributed by atoms with Crippen LogP contribution in [-0.4, -0.2) is 0 Å². The molecule has 1 heterocycles. The second-order valence-electron chi connectivity index (χ2n) is 14.8. The summed E-state index contributed by atoms with van der Waals surface area (Å²) in [6.45, 7) is 0. The molecule has 272 valence electrons. The van der Waals surface area contributed by atoms with E-state index in [0.29, 0.717) is 0 Å². The number of hydrogen-bond acceptors (Lipinski definition) is 2. The van der Waals surface area contributed by atoms with E-state index in [1.165, 1.54) is 49.4 Å². The van der Waals surface area contributed by atoms with Gasteiger partial charge < -0.3 is 9.32 Å². The van der Waals surface area contributed by atoms with Crippen LogP contribution < -0.4 is 4.90 Å². The second kappa shape index (κ2) is 14.1. The summed E-state index contributed by atoms with van der Waals surface area (Å²) in [7, 11) is 0. The predicted molar refractivity (Wildman–Crippen MR) is 245 cm³/mol. The van der Waals surface area contributed by atoms with E-state index < -0.39 is 0 Å². The van der Waals surface area contributed by atoms with Gasteiger partial charge in [-0.1, -0.05) is 188 Å². The van der Waals surface area contributed by atoms with E-state index in [9.17, 15) is 0 Å². The lowest BCUT2D eigenvalue weighted by Crippen LogP contribution is -2.11. The van der Waals surface area contributed by atoms with Gasteiger partial charge in [0.05, 0.1) is 11.4 Å². The van der Waals surface area contributed by atoms with Crippen molar-refractivity contribution in [2.75, 3.05) is 4.90 Å². The van der Waals surface area contributed by atoms with Crippen LogP contribution in [-0.2, 0) is 0 Å². The zero-order valence-electron chi connectivity index (χ0n) is 31.7. The molecule has 0 aliphatic carbocycles. The summed E-state index contributed by atoms with van der Waals surface area (Å²) in [5.74, 6) is 0. The molecule has 0 aliphatic heterocycles. The lowest BCUT2D eigenvalue weighted by atomic mass is 9.88. The molecule has 58 heavy (non-hydrogen) atoms. The molecule has 10 aromatic carbocycles.